The van der Waals surface area contributed by atoms with E-state index in [1.54, 1.807) is 48.8 Å². The van der Waals surface area contributed by atoms with Crippen LogP contribution < -0.4 is 31.1 Å². The smallest absolute Gasteiger partial charge is 0.658 e. The SMILES string of the molecule is CC1(C)c2[c-]c(ccc2)-c2cncc(n2)C(C)(C)c2[c-]c(ccc2)-c2cncc1n2.O=c1[n-]c2ccccc2c2ccc3ccc4ccc(nc4c3n2)c2ccccc2[n-]c(=O)c2ccccc12.Oc1c2cccc1c1cccc(n1)c1cccc(c1)c1cccc(c1O)c1cccc(n1)c1cccc2c1.[Pt+2].[Pt+2].[Pt+2].[Pt].c1ccc2[n-]c3cccc4ccc5ccc(nc5c43)c3ccc4ccc5cccc([n-]c2c1)c5c4n3. The van der Waals surface area contributed by atoms with Crippen LogP contribution in [-0.4, -0.2) is 60.1 Å². The minimum Gasteiger partial charge on any atom is -0.658 e. The Hall–Kier alpha value is -16.2. The molecule has 11 aromatic heterocycles. The Balaban J connectivity index is 0.000000118. The third kappa shape index (κ3) is 18.3. The minimum atomic E-state index is -0.521. The number of fused-ring (bicyclic) bond motifs is 39. The molecule has 0 radical (unpaired) electrons. The molecule has 0 fully saturated rings. The van der Waals surface area contributed by atoms with Crippen LogP contribution in [0.3, 0.4) is 0 Å². The molecule has 1 aliphatic heterocycles. The number of phenols is 2. The van der Waals surface area contributed by atoms with E-state index in [9.17, 15) is 19.8 Å². The molecule has 0 saturated heterocycles. The van der Waals surface area contributed by atoms with E-state index in [4.69, 9.17) is 49.8 Å². The molecule has 18 nitrogen and oxygen atoms in total. The molecule has 0 amide bonds. The van der Waals surface area contributed by atoms with Crippen molar-refractivity contribution in [3.8, 4) is 34.0 Å². The van der Waals surface area contributed by atoms with Gasteiger partial charge in [-0.3, -0.25) is 19.9 Å². The first kappa shape index (κ1) is 97.3. The summed E-state index contributed by atoms with van der Waals surface area (Å²) < 4.78 is 0. The van der Waals surface area contributed by atoms with Crippen molar-refractivity contribution in [2.75, 3.05) is 0 Å². The molecule has 22 heteroatoms. The summed E-state index contributed by atoms with van der Waals surface area (Å²) in [5, 5.41) is 39.3. The largest absolute Gasteiger partial charge is 2.00 e. The second kappa shape index (κ2) is 40.5. The van der Waals surface area contributed by atoms with E-state index in [1.165, 1.54) is 0 Å². The van der Waals surface area contributed by atoms with Crippen molar-refractivity contribution in [2.45, 2.75) is 38.5 Å². The summed E-state index contributed by atoms with van der Waals surface area (Å²) in [6.45, 7) is 8.59. The van der Waals surface area contributed by atoms with Gasteiger partial charge in [-0.25, -0.2) is 29.9 Å². The van der Waals surface area contributed by atoms with E-state index in [-0.39, 0.29) is 117 Å². The Bertz CT molecular complexity index is 9450. The third-order valence-corrected chi connectivity index (χ3v) is 26.8. The van der Waals surface area contributed by atoms with Gasteiger partial charge in [0.05, 0.1) is 88.7 Å². The standard InChI is InChI=1S/C34H22N2O2.C32H20N4O2.C32H18N4.C26H22N4.4Pt/c37-33-25-11-3-13-27(33)32-18-6-16-30(36-32)24-10-2-8-22(20-24)26-12-4-14-28(34(26)38)31-17-5-15-29(35-31)23-9-1-7-21(25)19-23;37-31-21-7-1-2-8-22(21)32(38)36-26-12-6-4-10-24(26)28-18-16-20-14-13-19-15-17-27(33-29(19)30(20)34-28)23-9-3-5-11-25(23)35-31;1-2-8-24-23(7-1)33-27-9-3-5-19-11-13-21-15-17-25(35-31(21)29(19)27)26-18-16-22-14-12-20-6-4-10-28(34-24)30(20)32(22)36-26;1-25(2)19-9-5-7-17(11-19)22-14-28-16-24(30-22)26(3,4)20-10-6-8-18(12-20)21-13-27-15-23(25)29-21;;;;/h1-20,37-38H;1-18H,(H2,33,34,35,36,37,38);1-18H;5-10,13-16H,1-4H3;;;;/q;;2*-2;;3*+2/p-2. The van der Waals surface area contributed by atoms with Crippen molar-refractivity contribution in [3.63, 3.8) is 0 Å². The molecule has 12 heterocycles. The zero-order valence-corrected chi connectivity index (χ0v) is 87.4. The predicted octanol–water partition coefficient (Wildman–Crippen LogP) is 27.0. The molecular weight excluding hydrogens is 2530 g/mol. The van der Waals surface area contributed by atoms with E-state index >= 15 is 0 Å². The van der Waals surface area contributed by atoms with Gasteiger partial charge in [-0.15, -0.1) is 92.9 Å². The molecule has 146 heavy (non-hydrogen) atoms. The van der Waals surface area contributed by atoms with E-state index in [0.29, 0.717) is 54.6 Å². The minimum absolute atomic E-state index is 0. The van der Waals surface area contributed by atoms with Crippen molar-refractivity contribution < 1.29 is 94.5 Å². The van der Waals surface area contributed by atoms with E-state index in [0.717, 1.165) is 187 Å². The molecule has 1 aliphatic rings. The van der Waals surface area contributed by atoms with Gasteiger partial charge in [-0.1, -0.05) is 295 Å². The fourth-order valence-electron chi connectivity index (χ4n) is 19.1. The summed E-state index contributed by atoms with van der Waals surface area (Å²) in [6.07, 6.45) is 7.28. The Morgan fingerprint density at radius 1 is 0.240 bits per heavy atom. The van der Waals surface area contributed by atoms with Crippen molar-refractivity contribution in [3.05, 3.63) is 456 Å². The van der Waals surface area contributed by atoms with Crippen LogP contribution in [0.4, 0.5) is 0 Å². The second-order valence-electron chi connectivity index (χ2n) is 36.3. The van der Waals surface area contributed by atoms with Crippen LogP contribution in [0.15, 0.2) is 410 Å². The Morgan fingerprint density at radius 3 is 0.973 bits per heavy atom. The summed E-state index contributed by atoms with van der Waals surface area (Å²) in [5.74, 6) is 0.372. The van der Waals surface area contributed by atoms with Crippen molar-refractivity contribution in [2.24, 2.45) is 0 Å². The average molecular weight is 2610 g/mol. The van der Waals surface area contributed by atoms with Crippen LogP contribution in [0.5, 0.6) is 11.5 Å². The number of hydrogen-bond acceptors (Lipinski definition) is 14. The van der Waals surface area contributed by atoms with Crippen molar-refractivity contribution >= 4 is 207 Å². The van der Waals surface area contributed by atoms with Gasteiger partial charge < -0.3 is 39.7 Å². The topological polar surface area (TPSA) is 260 Å². The van der Waals surface area contributed by atoms with Gasteiger partial charge in [0.15, 0.2) is 0 Å². The molecule has 27 rings (SSSR count). The first-order valence-corrected chi connectivity index (χ1v) is 46.7. The number of nitrogens with zero attached hydrogens (tertiary/aromatic N) is 14. The maximum absolute atomic E-state index is 13.4. The molecule has 15 aromatic carbocycles. The molecule has 28 bridgehead atoms. The van der Waals surface area contributed by atoms with Gasteiger partial charge >= 0.3 is 63.2 Å². The molecular formula is C124H80N14O4Pt4. The van der Waals surface area contributed by atoms with E-state index in [2.05, 4.69) is 145 Å². The fraction of sp³-hybridized carbons (Fsp3) is 0.0484. The summed E-state index contributed by atoms with van der Waals surface area (Å²) in [5.41, 5.74) is 19.2. The number of hydrogen-bond donors (Lipinski definition) is 2. The number of benzene rings is 15. The summed E-state index contributed by atoms with van der Waals surface area (Å²) >= 11 is 0. The Labute approximate surface area is 892 Å². The van der Waals surface area contributed by atoms with Gasteiger partial charge in [0, 0.05) is 133 Å². The normalized spacial score (nSPS) is 12.1. The van der Waals surface area contributed by atoms with Crippen LogP contribution in [0.25, 0.3) is 230 Å². The van der Waals surface area contributed by atoms with Crippen LogP contribution >= 0.6 is 0 Å². The van der Waals surface area contributed by atoms with Crippen LogP contribution in [0.2, 0.25) is 0 Å². The summed E-state index contributed by atoms with van der Waals surface area (Å²) in [7, 11) is 0. The first-order valence-electron chi connectivity index (χ1n) is 46.7. The third-order valence-electron chi connectivity index (χ3n) is 26.8. The Morgan fingerprint density at radius 2 is 0.541 bits per heavy atom. The van der Waals surface area contributed by atoms with E-state index in [1.807, 2.05) is 267 Å². The van der Waals surface area contributed by atoms with Gasteiger partial charge in [0.2, 0.25) is 0 Å². The maximum atomic E-state index is 13.4. The van der Waals surface area contributed by atoms with Gasteiger partial charge in [0.25, 0.3) is 0 Å². The number of aromatic hydroxyl groups is 2. The molecule has 26 aromatic rings. The van der Waals surface area contributed by atoms with Crippen LogP contribution in [0.1, 0.15) is 50.2 Å². The monoisotopic (exact) mass is 2610 g/mol. The number of aromatic nitrogens is 14. The van der Waals surface area contributed by atoms with Crippen molar-refractivity contribution in [1.82, 2.24) is 69.8 Å². The van der Waals surface area contributed by atoms with Gasteiger partial charge in [-0.2, -0.15) is 11.0 Å². The molecule has 0 saturated carbocycles. The Kier molecular flexibility index (Phi) is 27.0. The first-order chi connectivity index (χ1) is 69.5. The van der Waals surface area contributed by atoms with Gasteiger partial charge in [0.1, 0.15) is 11.5 Å². The maximum Gasteiger partial charge on any atom is 2.00 e. The zero-order valence-electron chi connectivity index (χ0n) is 78.3. The van der Waals surface area contributed by atoms with Gasteiger partial charge in [-0.05, 0) is 116 Å². The molecule has 710 valence electrons. The molecule has 0 unspecified atom stereocenters. The number of pyridine rings is 6. The second-order valence-corrected chi connectivity index (χ2v) is 36.3. The van der Waals surface area contributed by atoms with E-state index < -0.39 is 11.1 Å². The average Bonchev–Trinajstić information content (AvgIpc) is 0.744. The zero-order chi connectivity index (χ0) is 95.9. The number of rotatable bonds is 0. The fourth-order valence-corrected chi connectivity index (χ4v) is 19.1. The van der Waals surface area contributed by atoms with Crippen LogP contribution in [0, 0.1) is 12.1 Å². The quantitative estimate of drug-likeness (QED) is 0.106. The number of para-hydroxylation sites is 6. The predicted molar refractivity (Wildman–Crippen MR) is 575 cm³/mol. The number of phenolic OH excluding ortho intramolecular Hbond substituents is 2. The summed E-state index contributed by atoms with van der Waals surface area (Å²) in [4.78, 5) is 95.1. The van der Waals surface area contributed by atoms with Crippen LogP contribution in [-0.2, 0) is 95.1 Å². The molecule has 2 N–H and O–H groups in total. The summed E-state index contributed by atoms with van der Waals surface area (Å²) in [6, 6.07) is 129. The molecule has 0 atom stereocenters. The molecule has 0 spiro atoms. The molecule has 0 aliphatic carbocycles. The van der Waals surface area contributed by atoms with Crippen molar-refractivity contribution in [1.29, 1.82) is 0 Å².